The van der Waals surface area contributed by atoms with Crippen molar-refractivity contribution in [1.29, 1.82) is 0 Å². The molecule has 0 atom stereocenters. The molecule has 7 nitrogen and oxygen atoms in total. The summed E-state index contributed by atoms with van der Waals surface area (Å²) in [5, 5.41) is 2.74. The lowest BCUT2D eigenvalue weighted by molar-refractivity contribution is -0.136. The predicted octanol–water partition coefficient (Wildman–Crippen LogP) is 1.01. The first kappa shape index (κ1) is 18.8. The molecule has 1 fully saturated rings. The van der Waals surface area contributed by atoms with E-state index in [9.17, 15) is 14.0 Å². The number of amides is 2. The maximum atomic E-state index is 12.9. The third kappa shape index (κ3) is 5.47. The highest BCUT2D eigenvalue weighted by atomic mass is 19.1. The van der Waals surface area contributed by atoms with Crippen LogP contribution < -0.4 is 10.2 Å². The number of aromatic nitrogens is 2. The molecule has 8 heteroatoms. The van der Waals surface area contributed by atoms with Gasteiger partial charge in [0.25, 0.3) is 0 Å². The van der Waals surface area contributed by atoms with E-state index >= 15 is 0 Å². The Morgan fingerprint density at radius 3 is 2.37 bits per heavy atom. The van der Waals surface area contributed by atoms with Crippen LogP contribution >= 0.6 is 0 Å². The highest BCUT2D eigenvalue weighted by Gasteiger charge is 2.23. The number of anilines is 1. The van der Waals surface area contributed by atoms with Crippen LogP contribution in [0.15, 0.2) is 42.7 Å². The molecule has 2 heterocycles. The minimum atomic E-state index is -0.295. The summed E-state index contributed by atoms with van der Waals surface area (Å²) in [6, 6.07) is 7.91. The summed E-state index contributed by atoms with van der Waals surface area (Å²) in [6.07, 6.45) is 3.81. The van der Waals surface area contributed by atoms with Crippen LogP contribution in [0.5, 0.6) is 0 Å². The van der Waals surface area contributed by atoms with Gasteiger partial charge in [-0.25, -0.2) is 14.4 Å². The SMILES string of the molecule is O=C(CC(=O)N1CCN(c2ncccn2)CC1)NCCc1ccc(F)cc1. The Hall–Kier alpha value is -3.03. The molecule has 2 amide bonds. The number of carbonyl (C=O) groups excluding carboxylic acids is 2. The van der Waals surface area contributed by atoms with E-state index in [1.165, 1.54) is 12.1 Å². The zero-order chi connectivity index (χ0) is 19.1. The number of rotatable bonds is 6. The molecule has 0 radical (unpaired) electrons. The van der Waals surface area contributed by atoms with E-state index < -0.39 is 0 Å². The van der Waals surface area contributed by atoms with Crippen molar-refractivity contribution in [1.82, 2.24) is 20.2 Å². The first-order valence-electron chi connectivity index (χ1n) is 8.93. The largest absolute Gasteiger partial charge is 0.355 e. The Bertz CT molecular complexity index is 761. The summed E-state index contributed by atoms with van der Waals surface area (Å²) in [4.78, 5) is 36.4. The number of hydrogen-bond acceptors (Lipinski definition) is 5. The number of halogens is 1. The Morgan fingerprint density at radius 2 is 1.70 bits per heavy atom. The number of piperazine rings is 1. The van der Waals surface area contributed by atoms with Crippen LogP contribution in [-0.4, -0.2) is 59.4 Å². The van der Waals surface area contributed by atoms with E-state index in [1.54, 1.807) is 35.5 Å². The summed E-state index contributed by atoms with van der Waals surface area (Å²) >= 11 is 0. The first-order chi connectivity index (χ1) is 13.1. The number of nitrogens with one attached hydrogen (secondary N) is 1. The summed E-state index contributed by atoms with van der Waals surface area (Å²) in [6.45, 7) is 2.78. The second-order valence-electron chi connectivity index (χ2n) is 6.32. The zero-order valence-corrected chi connectivity index (χ0v) is 15.0. The van der Waals surface area contributed by atoms with Crippen molar-refractivity contribution in [3.63, 3.8) is 0 Å². The molecule has 1 aliphatic rings. The lowest BCUT2D eigenvalue weighted by Crippen LogP contribution is -2.50. The minimum absolute atomic E-state index is 0.161. The van der Waals surface area contributed by atoms with Crippen molar-refractivity contribution < 1.29 is 14.0 Å². The van der Waals surface area contributed by atoms with Crippen molar-refractivity contribution in [3.8, 4) is 0 Å². The van der Waals surface area contributed by atoms with Gasteiger partial charge in [0.05, 0.1) is 0 Å². The van der Waals surface area contributed by atoms with Crippen LogP contribution in [0, 0.1) is 5.82 Å². The van der Waals surface area contributed by atoms with E-state index in [0.717, 1.165) is 5.56 Å². The molecule has 1 N–H and O–H groups in total. The van der Waals surface area contributed by atoms with E-state index in [1.807, 2.05) is 4.90 Å². The van der Waals surface area contributed by atoms with Crippen LogP contribution in [0.25, 0.3) is 0 Å². The molecule has 0 saturated carbocycles. The summed E-state index contributed by atoms with van der Waals surface area (Å²) < 4.78 is 12.9. The van der Waals surface area contributed by atoms with Gasteiger partial charge in [0.1, 0.15) is 12.2 Å². The smallest absolute Gasteiger partial charge is 0.232 e. The normalized spacial score (nSPS) is 14.1. The number of carbonyl (C=O) groups is 2. The van der Waals surface area contributed by atoms with Crippen molar-refractivity contribution in [2.24, 2.45) is 0 Å². The van der Waals surface area contributed by atoms with Crippen molar-refractivity contribution >= 4 is 17.8 Å². The summed E-state index contributed by atoms with van der Waals surface area (Å²) in [5.74, 6) is -0.103. The molecule has 0 spiro atoms. The van der Waals surface area contributed by atoms with Gasteiger partial charge in [-0.3, -0.25) is 9.59 Å². The number of benzene rings is 1. The summed E-state index contributed by atoms with van der Waals surface area (Å²) in [7, 11) is 0. The van der Waals surface area contributed by atoms with E-state index in [2.05, 4.69) is 15.3 Å². The molecule has 2 aromatic rings. The third-order valence-electron chi connectivity index (χ3n) is 4.43. The van der Waals surface area contributed by atoms with Gasteiger partial charge in [0, 0.05) is 45.1 Å². The fraction of sp³-hybridized carbons (Fsp3) is 0.368. The van der Waals surface area contributed by atoms with E-state index in [0.29, 0.717) is 45.1 Å². The predicted molar refractivity (Wildman–Crippen MR) is 98.6 cm³/mol. The topological polar surface area (TPSA) is 78.4 Å². The monoisotopic (exact) mass is 371 g/mol. The van der Waals surface area contributed by atoms with Crippen molar-refractivity contribution in [2.45, 2.75) is 12.8 Å². The van der Waals surface area contributed by atoms with E-state index in [4.69, 9.17) is 0 Å². The van der Waals surface area contributed by atoms with Crippen LogP contribution in [0.2, 0.25) is 0 Å². The fourth-order valence-corrected chi connectivity index (χ4v) is 2.92. The molecule has 0 bridgehead atoms. The van der Waals surface area contributed by atoms with Gasteiger partial charge in [0.15, 0.2) is 0 Å². The molecule has 1 aromatic heterocycles. The zero-order valence-electron chi connectivity index (χ0n) is 15.0. The highest BCUT2D eigenvalue weighted by molar-refractivity contribution is 5.96. The van der Waals surface area contributed by atoms with Gasteiger partial charge in [-0.05, 0) is 30.2 Å². The van der Waals surface area contributed by atoms with Crippen LogP contribution in [0.4, 0.5) is 10.3 Å². The highest BCUT2D eigenvalue weighted by Crippen LogP contribution is 2.10. The average Bonchev–Trinajstić information content (AvgIpc) is 2.70. The lowest BCUT2D eigenvalue weighted by Gasteiger charge is -2.34. The molecule has 0 aliphatic carbocycles. The van der Waals surface area contributed by atoms with Gasteiger partial charge < -0.3 is 15.1 Å². The maximum Gasteiger partial charge on any atom is 0.232 e. The quantitative estimate of drug-likeness (QED) is 0.767. The van der Waals surface area contributed by atoms with Gasteiger partial charge in [0.2, 0.25) is 17.8 Å². The molecule has 0 unspecified atom stereocenters. The standard InChI is InChI=1S/C19H22FN5O2/c20-16-4-2-15(3-5-16)6-9-21-17(26)14-18(27)24-10-12-25(13-11-24)19-22-7-1-8-23-19/h1-5,7-8H,6,9-14H2,(H,21,26). The van der Waals surface area contributed by atoms with Crippen molar-refractivity contribution in [2.75, 3.05) is 37.6 Å². The third-order valence-corrected chi connectivity index (χ3v) is 4.43. The van der Waals surface area contributed by atoms with Crippen molar-refractivity contribution in [3.05, 3.63) is 54.1 Å². The van der Waals surface area contributed by atoms with Crippen LogP contribution in [0.3, 0.4) is 0 Å². The molecule has 27 heavy (non-hydrogen) atoms. The van der Waals surface area contributed by atoms with Gasteiger partial charge in [-0.15, -0.1) is 0 Å². The summed E-state index contributed by atoms with van der Waals surface area (Å²) in [5.41, 5.74) is 0.933. The Morgan fingerprint density at radius 1 is 1.04 bits per heavy atom. The Balaban J connectivity index is 1.37. The molecule has 142 valence electrons. The Kier molecular flexibility index (Phi) is 6.30. The first-order valence-corrected chi connectivity index (χ1v) is 8.93. The lowest BCUT2D eigenvalue weighted by atomic mass is 10.1. The number of nitrogens with zero attached hydrogens (tertiary/aromatic N) is 4. The number of hydrogen-bond donors (Lipinski definition) is 1. The van der Waals surface area contributed by atoms with Gasteiger partial charge >= 0.3 is 0 Å². The second kappa shape index (κ2) is 9.07. The van der Waals surface area contributed by atoms with E-state index in [-0.39, 0.29) is 24.1 Å². The maximum absolute atomic E-state index is 12.9. The fourth-order valence-electron chi connectivity index (χ4n) is 2.92. The molecular formula is C19H22FN5O2. The minimum Gasteiger partial charge on any atom is -0.355 e. The second-order valence-corrected chi connectivity index (χ2v) is 6.32. The van der Waals surface area contributed by atoms with Gasteiger partial charge in [-0.2, -0.15) is 0 Å². The van der Waals surface area contributed by atoms with Gasteiger partial charge in [-0.1, -0.05) is 12.1 Å². The molecule has 1 saturated heterocycles. The molecule has 3 rings (SSSR count). The molecular weight excluding hydrogens is 349 g/mol. The molecule has 1 aliphatic heterocycles. The Labute approximate surface area is 157 Å². The average molecular weight is 371 g/mol. The van der Waals surface area contributed by atoms with Crippen LogP contribution in [-0.2, 0) is 16.0 Å². The van der Waals surface area contributed by atoms with Crippen LogP contribution in [0.1, 0.15) is 12.0 Å². The molecule has 1 aromatic carbocycles.